The Balaban J connectivity index is 1.60. The first-order valence-electron chi connectivity index (χ1n) is 11.7. The molecule has 178 valence electrons. The number of fused-ring (bicyclic) bond motifs is 3. The summed E-state index contributed by atoms with van der Waals surface area (Å²) in [5.41, 5.74) is 6.17. The number of allylic oxidation sites excluding steroid dienone is 1. The summed E-state index contributed by atoms with van der Waals surface area (Å²) in [4.78, 5) is 31.2. The third-order valence-corrected chi connectivity index (χ3v) is 8.03. The highest BCUT2D eigenvalue weighted by Gasteiger charge is 2.32. The summed E-state index contributed by atoms with van der Waals surface area (Å²) in [6.07, 6.45) is 3.55. The van der Waals surface area contributed by atoms with Gasteiger partial charge in [0.25, 0.3) is 5.56 Å². The second-order valence-electron chi connectivity index (χ2n) is 8.80. The van der Waals surface area contributed by atoms with E-state index in [1.165, 1.54) is 23.8 Å². The summed E-state index contributed by atoms with van der Waals surface area (Å²) >= 11 is 4.89. The number of esters is 1. The highest BCUT2D eigenvalue weighted by Crippen LogP contribution is 2.41. The van der Waals surface area contributed by atoms with Gasteiger partial charge in [0.2, 0.25) is 0 Å². The average Bonchev–Trinajstić information content (AvgIpc) is 3.18. The predicted molar refractivity (Wildman–Crippen MR) is 145 cm³/mol. The Hall–Kier alpha value is -3.55. The third-order valence-electron chi connectivity index (χ3n) is 6.52. The van der Waals surface area contributed by atoms with Crippen molar-refractivity contribution in [3.63, 3.8) is 0 Å². The molecule has 36 heavy (non-hydrogen) atoms. The molecule has 0 N–H and O–H groups in total. The van der Waals surface area contributed by atoms with Crippen LogP contribution in [0, 0.1) is 0 Å². The smallest absolute Gasteiger partial charge is 0.308 e. The lowest BCUT2D eigenvalue weighted by atomic mass is 9.83. The predicted octanol–water partition coefficient (Wildman–Crippen LogP) is 5.01. The van der Waals surface area contributed by atoms with Gasteiger partial charge in [-0.1, -0.05) is 81.9 Å². The minimum Gasteiger partial charge on any atom is -0.426 e. The molecule has 0 radical (unpaired) electrons. The molecule has 0 saturated heterocycles. The Bertz CT molecular complexity index is 1730. The molecule has 4 aromatic rings. The topological polar surface area (TPSA) is 60.7 Å². The maximum absolute atomic E-state index is 13.9. The number of halogens is 1. The zero-order valence-corrected chi connectivity index (χ0v) is 21.8. The normalized spacial score (nSPS) is 16.6. The number of ether oxygens (including phenoxy) is 1. The average molecular weight is 557 g/mol. The van der Waals surface area contributed by atoms with E-state index in [2.05, 4.69) is 46.3 Å². The van der Waals surface area contributed by atoms with Crippen LogP contribution in [0.25, 0.3) is 11.8 Å². The van der Waals surface area contributed by atoms with Gasteiger partial charge in [-0.25, -0.2) is 4.99 Å². The van der Waals surface area contributed by atoms with Crippen molar-refractivity contribution in [2.45, 2.75) is 25.8 Å². The van der Waals surface area contributed by atoms with Crippen LogP contribution in [0.4, 0.5) is 0 Å². The van der Waals surface area contributed by atoms with E-state index in [0.29, 0.717) is 20.6 Å². The first-order valence-corrected chi connectivity index (χ1v) is 13.3. The summed E-state index contributed by atoms with van der Waals surface area (Å²) in [7, 11) is 0. The second-order valence-corrected chi connectivity index (χ2v) is 10.7. The first kappa shape index (κ1) is 22.9. The van der Waals surface area contributed by atoms with Crippen molar-refractivity contribution >= 4 is 45.0 Å². The van der Waals surface area contributed by atoms with Gasteiger partial charge in [0.15, 0.2) is 4.80 Å². The number of aromatic nitrogens is 1. The summed E-state index contributed by atoms with van der Waals surface area (Å²) in [5.74, 6) is 0.0207. The van der Waals surface area contributed by atoms with Crippen LogP contribution >= 0.6 is 27.3 Å². The molecule has 0 spiro atoms. The van der Waals surface area contributed by atoms with Crippen molar-refractivity contribution in [1.82, 2.24) is 4.57 Å². The van der Waals surface area contributed by atoms with Crippen molar-refractivity contribution in [2.24, 2.45) is 4.99 Å². The number of carbonyl (C=O) groups is 1. The number of hydrogen-bond donors (Lipinski definition) is 0. The van der Waals surface area contributed by atoms with Crippen molar-refractivity contribution < 1.29 is 9.53 Å². The molecule has 5 nitrogen and oxygen atoms in total. The lowest BCUT2D eigenvalue weighted by Crippen LogP contribution is -2.38. The molecule has 0 saturated carbocycles. The molecule has 0 bridgehead atoms. The minimum absolute atomic E-state index is 0.102. The molecule has 3 aromatic carbocycles. The largest absolute Gasteiger partial charge is 0.426 e. The van der Waals surface area contributed by atoms with Crippen LogP contribution in [-0.4, -0.2) is 10.5 Å². The standard InChI is InChI=1S/C29H21BrN2O3S/c1-17(33)35-24-9-5-3-7-20(24)16-25-28(34)32-27(19-10-13-21(30)14-11-19)23-15-12-18-6-2-4-8-22(18)26(23)31-29(32)36-25/h2-11,13-14,16,27H,12,15H2,1H3/b25-16+/t27-/m1/s1. The molecule has 1 aromatic heterocycles. The molecule has 2 aliphatic rings. The van der Waals surface area contributed by atoms with E-state index >= 15 is 0 Å². The molecule has 6 rings (SSSR count). The quantitative estimate of drug-likeness (QED) is 0.263. The van der Waals surface area contributed by atoms with Gasteiger partial charge in [0.1, 0.15) is 5.75 Å². The molecular formula is C29H21BrN2O3S. The lowest BCUT2D eigenvalue weighted by molar-refractivity contribution is -0.131. The van der Waals surface area contributed by atoms with Gasteiger partial charge in [-0.15, -0.1) is 0 Å². The van der Waals surface area contributed by atoms with Crippen molar-refractivity contribution in [2.75, 3.05) is 0 Å². The van der Waals surface area contributed by atoms with Gasteiger partial charge in [-0.2, -0.15) is 0 Å². The van der Waals surface area contributed by atoms with Crippen LogP contribution in [0.3, 0.4) is 0 Å². The highest BCUT2D eigenvalue weighted by atomic mass is 79.9. The van der Waals surface area contributed by atoms with E-state index in [0.717, 1.165) is 39.7 Å². The SMILES string of the molecule is CC(=O)Oc1ccccc1/C=c1/sc2n(c1=O)[C@H](c1ccc(Br)cc1)C1=C(N=2)c2ccccc2CC1. The third kappa shape index (κ3) is 3.98. The maximum atomic E-state index is 13.9. The molecule has 7 heteroatoms. The zero-order valence-electron chi connectivity index (χ0n) is 19.4. The molecule has 1 aliphatic heterocycles. The molecule has 1 atom stereocenters. The lowest BCUT2D eigenvalue weighted by Gasteiger charge is -2.30. The van der Waals surface area contributed by atoms with Gasteiger partial charge in [-0.05, 0) is 53.8 Å². The van der Waals surface area contributed by atoms with E-state index in [1.54, 1.807) is 18.2 Å². The Kier molecular flexibility index (Phi) is 5.82. The van der Waals surface area contributed by atoms with Crippen LogP contribution < -0.4 is 19.6 Å². The van der Waals surface area contributed by atoms with E-state index in [-0.39, 0.29) is 11.6 Å². The number of carbonyl (C=O) groups excluding carboxylic acids is 1. The first-order chi connectivity index (χ1) is 17.5. The van der Waals surface area contributed by atoms with Crippen LogP contribution in [0.5, 0.6) is 5.75 Å². The highest BCUT2D eigenvalue weighted by molar-refractivity contribution is 9.10. The summed E-state index contributed by atoms with van der Waals surface area (Å²) in [6.45, 7) is 1.37. The molecular weight excluding hydrogens is 536 g/mol. The number of aryl methyl sites for hydroxylation is 1. The van der Waals surface area contributed by atoms with E-state index in [4.69, 9.17) is 9.73 Å². The van der Waals surface area contributed by atoms with Crippen molar-refractivity contribution in [3.05, 3.63) is 125 Å². The maximum Gasteiger partial charge on any atom is 0.308 e. The van der Waals surface area contributed by atoms with E-state index < -0.39 is 5.97 Å². The van der Waals surface area contributed by atoms with E-state index in [9.17, 15) is 9.59 Å². The fourth-order valence-corrected chi connectivity index (χ4v) is 6.21. The van der Waals surface area contributed by atoms with Gasteiger partial charge in [0, 0.05) is 22.5 Å². The summed E-state index contributed by atoms with van der Waals surface area (Å²) in [6, 6.07) is 23.5. The number of hydrogen-bond acceptors (Lipinski definition) is 5. The second kappa shape index (κ2) is 9.15. The number of para-hydroxylation sites is 1. The van der Waals surface area contributed by atoms with Crippen LogP contribution in [0.15, 0.2) is 92.6 Å². The fraction of sp³-hybridized carbons (Fsp3) is 0.138. The molecule has 0 fully saturated rings. The minimum atomic E-state index is -0.404. The Morgan fingerprint density at radius 2 is 1.81 bits per heavy atom. The number of rotatable bonds is 3. The Morgan fingerprint density at radius 1 is 1.06 bits per heavy atom. The molecule has 0 unspecified atom stereocenters. The Morgan fingerprint density at radius 3 is 2.61 bits per heavy atom. The van der Waals surface area contributed by atoms with E-state index in [1.807, 2.05) is 34.9 Å². The Labute approximate surface area is 219 Å². The van der Waals surface area contributed by atoms with Crippen molar-refractivity contribution in [1.29, 1.82) is 0 Å². The van der Waals surface area contributed by atoms with Crippen LogP contribution in [0.2, 0.25) is 0 Å². The monoisotopic (exact) mass is 556 g/mol. The van der Waals surface area contributed by atoms with Crippen LogP contribution in [-0.2, 0) is 11.2 Å². The summed E-state index contributed by atoms with van der Waals surface area (Å²) in [5, 5.41) is 0. The summed E-state index contributed by atoms with van der Waals surface area (Å²) < 4.78 is 8.72. The van der Waals surface area contributed by atoms with Gasteiger partial charge < -0.3 is 4.74 Å². The number of thiazole rings is 1. The molecule has 2 heterocycles. The molecule has 1 aliphatic carbocycles. The molecule has 0 amide bonds. The number of nitrogens with zero attached hydrogens (tertiary/aromatic N) is 2. The van der Waals surface area contributed by atoms with Gasteiger partial charge >= 0.3 is 5.97 Å². The van der Waals surface area contributed by atoms with Crippen LogP contribution in [0.1, 0.15) is 41.6 Å². The number of benzene rings is 3. The van der Waals surface area contributed by atoms with Gasteiger partial charge in [-0.3, -0.25) is 14.2 Å². The zero-order chi connectivity index (χ0) is 24.8. The fourth-order valence-electron chi connectivity index (χ4n) is 4.96. The van der Waals surface area contributed by atoms with Gasteiger partial charge in [0.05, 0.1) is 16.3 Å². The van der Waals surface area contributed by atoms with Crippen molar-refractivity contribution in [3.8, 4) is 5.75 Å².